The summed E-state index contributed by atoms with van der Waals surface area (Å²) in [7, 11) is 0. The smallest absolute Gasteiger partial charge is 0.101 e. The molecule has 0 bridgehead atoms. The van der Waals surface area contributed by atoms with Crippen LogP contribution in [0.2, 0.25) is 0 Å². The van der Waals surface area contributed by atoms with Crippen LogP contribution in [0.25, 0.3) is 0 Å². The summed E-state index contributed by atoms with van der Waals surface area (Å²) in [5, 5.41) is 17.8. The van der Waals surface area contributed by atoms with Crippen LogP contribution >= 0.6 is 12.4 Å². The van der Waals surface area contributed by atoms with Crippen LogP contribution in [0, 0.1) is 22.7 Å². The van der Waals surface area contributed by atoms with Crippen molar-refractivity contribution >= 4 is 12.4 Å². The fourth-order valence-electron chi connectivity index (χ4n) is 1.58. The molecular weight excluding hydrogens is 210 g/mol. The number of rotatable bonds is 1. The van der Waals surface area contributed by atoms with Crippen molar-refractivity contribution in [1.29, 1.82) is 10.5 Å². The van der Waals surface area contributed by atoms with Gasteiger partial charge in [-0.15, -0.1) is 12.4 Å². The molecule has 1 aliphatic carbocycles. The van der Waals surface area contributed by atoms with E-state index in [2.05, 4.69) is 6.07 Å². The Kier molecular flexibility index (Phi) is 3.00. The second-order valence-corrected chi connectivity index (χ2v) is 3.61. The number of nitrogens with two attached hydrogens (primary N) is 1. The molecule has 0 saturated heterocycles. The van der Waals surface area contributed by atoms with Gasteiger partial charge in [0.05, 0.1) is 11.1 Å². The number of halogens is 1. The molecular formula is C11H10ClN3. The van der Waals surface area contributed by atoms with Crippen molar-refractivity contribution in [1.82, 2.24) is 0 Å². The molecule has 1 aromatic carbocycles. The Labute approximate surface area is 94.5 Å². The Morgan fingerprint density at radius 2 is 1.87 bits per heavy atom. The molecule has 3 nitrogen and oxygen atoms in total. The first kappa shape index (κ1) is 11.5. The summed E-state index contributed by atoms with van der Waals surface area (Å²) in [6.45, 7) is 0. The van der Waals surface area contributed by atoms with E-state index in [0.717, 1.165) is 18.4 Å². The second-order valence-electron chi connectivity index (χ2n) is 3.61. The predicted molar refractivity (Wildman–Crippen MR) is 58.2 cm³/mol. The maximum Gasteiger partial charge on any atom is 0.101 e. The molecule has 1 aromatic rings. The van der Waals surface area contributed by atoms with E-state index in [4.69, 9.17) is 16.3 Å². The summed E-state index contributed by atoms with van der Waals surface area (Å²) in [6.07, 6.45) is 1.80. The van der Waals surface area contributed by atoms with Crippen molar-refractivity contribution in [2.24, 2.45) is 5.73 Å². The fraction of sp³-hybridized carbons (Fsp3) is 0.273. The monoisotopic (exact) mass is 219 g/mol. The molecule has 15 heavy (non-hydrogen) atoms. The third-order valence-corrected chi connectivity index (χ3v) is 2.62. The molecule has 0 atom stereocenters. The maximum atomic E-state index is 8.96. The molecule has 0 amide bonds. The molecule has 0 aliphatic heterocycles. The molecule has 0 heterocycles. The highest BCUT2D eigenvalue weighted by molar-refractivity contribution is 5.85. The van der Waals surface area contributed by atoms with E-state index in [0.29, 0.717) is 11.1 Å². The summed E-state index contributed by atoms with van der Waals surface area (Å²) in [6, 6.07) is 9.33. The minimum Gasteiger partial charge on any atom is -0.321 e. The molecule has 1 aliphatic rings. The predicted octanol–water partition coefficient (Wildman–Crippen LogP) is 1.80. The van der Waals surface area contributed by atoms with E-state index in [1.807, 2.05) is 12.1 Å². The van der Waals surface area contributed by atoms with Gasteiger partial charge in [-0.05, 0) is 24.5 Å². The molecule has 0 unspecified atom stereocenters. The van der Waals surface area contributed by atoms with Crippen LogP contribution < -0.4 is 5.73 Å². The second kappa shape index (κ2) is 3.90. The van der Waals surface area contributed by atoms with Gasteiger partial charge in [0.1, 0.15) is 12.1 Å². The number of nitriles is 2. The lowest BCUT2D eigenvalue weighted by atomic mass is 9.96. The van der Waals surface area contributed by atoms with Crippen LogP contribution in [0.4, 0.5) is 0 Å². The van der Waals surface area contributed by atoms with Crippen molar-refractivity contribution in [2.45, 2.75) is 18.4 Å². The minimum absolute atomic E-state index is 0. The standard InChI is InChI=1S/C11H9N3.ClH/c12-6-8-2-1-3-10(9(8)7-13)11(14)4-5-11;/h1-3H,4-5,14H2;1H. The number of hydrogen-bond acceptors (Lipinski definition) is 3. The van der Waals surface area contributed by atoms with Crippen molar-refractivity contribution in [2.75, 3.05) is 0 Å². The van der Waals surface area contributed by atoms with Gasteiger partial charge in [-0.25, -0.2) is 0 Å². The highest BCUT2D eigenvalue weighted by Crippen LogP contribution is 2.44. The SMILES string of the molecule is Cl.N#Cc1cccc(C2(N)CC2)c1C#N. The van der Waals surface area contributed by atoms with Crippen LogP contribution in [0.5, 0.6) is 0 Å². The Morgan fingerprint density at radius 1 is 1.20 bits per heavy atom. The molecule has 0 aromatic heterocycles. The van der Waals surface area contributed by atoms with Gasteiger partial charge in [-0.3, -0.25) is 0 Å². The largest absolute Gasteiger partial charge is 0.321 e. The van der Waals surface area contributed by atoms with Gasteiger partial charge in [0.15, 0.2) is 0 Å². The van der Waals surface area contributed by atoms with Crippen LogP contribution in [-0.4, -0.2) is 0 Å². The Balaban J connectivity index is 0.00000112. The molecule has 4 heteroatoms. The van der Waals surface area contributed by atoms with E-state index < -0.39 is 0 Å². The topological polar surface area (TPSA) is 73.6 Å². The minimum atomic E-state index is -0.349. The van der Waals surface area contributed by atoms with Crippen LogP contribution in [0.15, 0.2) is 18.2 Å². The van der Waals surface area contributed by atoms with E-state index in [9.17, 15) is 0 Å². The zero-order chi connectivity index (χ0) is 10.2. The summed E-state index contributed by atoms with van der Waals surface area (Å²) < 4.78 is 0. The first-order chi connectivity index (χ1) is 6.71. The van der Waals surface area contributed by atoms with Gasteiger partial charge in [0.2, 0.25) is 0 Å². The summed E-state index contributed by atoms with van der Waals surface area (Å²) >= 11 is 0. The Hall–Kier alpha value is -1.55. The average Bonchev–Trinajstić information content (AvgIpc) is 2.96. The van der Waals surface area contributed by atoms with E-state index in [1.54, 1.807) is 12.1 Å². The molecule has 0 radical (unpaired) electrons. The first-order valence-corrected chi connectivity index (χ1v) is 4.44. The third kappa shape index (κ3) is 1.80. The zero-order valence-corrected chi connectivity index (χ0v) is 8.84. The molecule has 76 valence electrons. The lowest BCUT2D eigenvalue weighted by molar-refractivity contribution is 0.737. The average molecular weight is 220 g/mol. The molecule has 1 fully saturated rings. The molecule has 0 spiro atoms. The highest BCUT2D eigenvalue weighted by Gasteiger charge is 2.42. The molecule has 1 saturated carbocycles. The third-order valence-electron chi connectivity index (χ3n) is 2.62. The number of hydrogen-bond donors (Lipinski definition) is 1. The summed E-state index contributed by atoms with van der Waals surface area (Å²) in [4.78, 5) is 0. The van der Waals surface area contributed by atoms with Gasteiger partial charge < -0.3 is 5.73 Å². The highest BCUT2D eigenvalue weighted by atomic mass is 35.5. The van der Waals surface area contributed by atoms with E-state index in [-0.39, 0.29) is 17.9 Å². The summed E-state index contributed by atoms with van der Waals surface area (Å²) in [5.74, 6) is 0. The number of nitrogens with zero attached hydrogens (tertiary/aromatic N) is 2. The lowest BCUT2D eigenvalue weighted by Gasteiger charge is -2.11. The Bertz CT molecular complexity index is 464. The van der Waals surface area contributed by atoms with Crippen LogP contribution in [0.1, 0.15) is 29.5 Å². The van der Waals surface area contributed by atoms with E-state index in [1.165, 1.54) is 0 Å². The van der Waals surface area contributed by atoms with Crippen molar-refractivity contribution in [3.05, 3.63) is 34.9 Å². The van der Waals surface area contributed by atoms with Gasteiger partial charge >= 0.3 is 0 Å². The van der Waals surface area contributed by atoms with Gasteiger partial charge in [0, 0.05) is 5.54 Å². The van der Waals surface area contributed by atoms with Crippen molar-refractivity contribution in [3.63, 3.8) is 0 Å². The van der Waals surface area contributed by atoms with Crippen LogP contribution in [-0.2, 0) is 5.54 Å². The maximum absolute atomic E-state index is 8.96. The van der Waals surface area contributed by atoms with Crippen molar-refractivity contribution in [3.8, 4) is 12.1 Å². The van der Waals surface area contributed by atoms with E-state index >= 15 is 0 Å². The quantitative estimate of drug-likeness (QED) is 0.783. The fourth-order valence-corrected chi connectivity index (χ4v) is 1.58. The number of benzene rings is 1. The summed E-state index contributed by atoms with van der Waals surface area (Å²) in [5.41, 5.74) is 7.33. The lowest BCUT2D eigenvalue weighted by Crippen LogP contribution is -2.20. The normalized spacial score (nSPS) is 15.7. The Morgan fingerprint density at radius 3 is 2.33 bits per heavy atom. The van der Waals surface area contributed by atoms with Crippen LogP contribution in [0.3, 0.4) is 0 Å². The molecule has 2 rings (SSSR count). The van der Waals surface area contributed by atoms with Gasteiger partial charge in [-0.1, -0.05) is 12.1 Å². The van der Waals surface area contributed by atoms with Crippen molar-refractivity contribution < 1.29 is 0 Å². The van der Waals surface area contributed by atoms with Gasteiger partial charge in [-0.2, -0.15) is 10.5 Å². The van der Waals surface area contributed by atoms with Gasteiger partial charge in [0.25, 0.3) is 0 Å². The zero-order valence-electron chi connectivity index (χ0n) is 8.03. The molecule has 2 N–H and O–H groups in total. The first-order valence-electron chi connectivity index (χ1n) is 4.44.